The van der Waals surface area contributed by atoms with Gasteiger partial charge in [-0.15, -0.1) is 0 Å². The Hall–Kier alpha value is -5.26. The third-order valence-corrected chi connectivity index (χ3v) is 7.67. The minimum atomic E-state index is -1.41. The highest BCUT2D eigenvalue weighted by Gasteiger charge is 2.25. The zero-order chi connectivity index (χ0) is 35.0. The second kappa shape index (κ2) is 16.0. The van der Waals surface area contributed by atoms with E-state index >= 15 is 0 Å². The molecule has 11 nitrogen and oxygen atoms in total. The van der Waals surface area contributed by atoms with Crippen LogP contribution in [0.5, 0.6) is 5.75 Å². The number of nitrogens with zero attached hydrogens (tertiary/aromatic N) is 4. The number of ketones is 2. The van der Waals surface area contributed by atoms with Gasteiger partial charge in [0.15, 0.2) is 11.6 Å². The van der Waals surface area contributed by atoms with Crippen LogP contribution in [0.15, 0.2) is 99.3 Å². The number of carbonyl (C=O) groups excluding carboxylic acids is 4. The molecule has 0 aromatic heterocycles. The standard InChI is InChI=1S/C35H32Cl2N6O5/c1-19-10-13-27(20(2)16-19)38-34(46)32(21(3)44)42-40-28-14-11-23(17-25(28)36)24-12-15-29(26(37)18-24)41-43-33(22(4)45)35(47)39-30-8-6-7-9-31(30)48-5/h6-18,32-33H,1-5H3,(H,38,46)(H,39,47). The second-order valence-electron chi connectivity index (χ2n) is 10.8. The van der Waals surface area contributed by atoms with Crippen LogP contribution in [0.25, 0.3) is 11.1 Å². The lowest BCUT2D eigenvalue weighted by Gasteiger charge is -2.12. The summed E-state index contributed by atoms with van der Waals surface area (Å²) in [5.74, 6) is -1.84. The topological polar surface area (TPSA) is 151 Å². The Morgan fingerprint density at radius 3 is 1.62 bits per heavy atom. The number of anilines is 2. The van der Waals surface area contributed by atoms with E-state index in [0.29, 0.717) is 28.3 Å². The molecule has 0 spiro atoms. The van der Waals surface area contributed by atoms with Crippen molar-refractivity contribution in [1.82, 2.24) is 0 Å². The summed E-state index contributed by atoms with van der Waals surface area (Å²) in [6, 6.07) is 19.4. The summed E-state index contributed by atoms with van der Waals surface area (Å²) in [6.45, 7) is 6.30. The number of ether oxygens (including phenoxy) is 1. The molecular weight excluding hydrogens is 655 g/mol. The quantitative estimate of drug-likeness (QED) is 0.113. The molecule has 4 aromatic rings. The van der Waals surface area contributed by atoms with Crippen LogP contribution in [0, 0.1) is 13.8 Å². The number of Topliss-reactive ketones (excluding diaryl/α,β-unsaturated/α-hetero) is 2. The molecule has 0 aliphatic heterocycles. The van der Waals surface area contributed by atoms with Crippen molar-refractivity contribution >= 4 is 69.3 Å². The number of halogens is 2. The molecule has 2 unspecified atom stereocenters. The van der Waals surface area contributed by atoms with Gasteiger partial charge < -0.3 is 15.4 Å². The molecule has 0 saturated carbocycles. The van der Waals surface area contributed by atoms with Crippen LogP contribution in [-0.2, 0) is 19.2 Å². The predicted molar refractivity (Wildman–Crippen MR) is 186 cm³/mol. The molecule has 0 bridgehead atoms. The van der Waals surface area contributed by atoms with Crippen LogP contribution in [0.1, 0.15) is 25.0 Å². The van der Waals surface area contributed by atoms with Crippen LogP contribution in [0.4, 0.5) is 22.7 Å². The van der Waals surface area contributed by atoms with Crippen LogP contribution in [0.3, 0.4) is 0 Å². The molecule has 246 valence electrons. The van der Waals surface area contributed by atoms with Gasteiger partial charge >= 0.3 is 0 Å². The fraction of sp³-hybridized carbons (Fsp3) is 0.200. The van der Waals surface area contributed by atoms with Crippen molar-refractivity contribution in [1.29, 1.82) is 0 Å². The first-order valence-electron chi connectivity index (χ1n) is 14.6. The third kappa shape index (κ3) is 8.96. The van der Waals surface area contributed by atoms with Gasteiger partial charge in [-0.2, -0.15) is 20.5 Å². The number of nitrogens with one attached hydrogen (secondary N) is 2. The maximum Gasteiger partial charge on any atom is 0.258 e. The summed E-state index contributed by atoms with van der Waals surface area (Å²) in [5, 5.41) is 21.9. The SMILES string of the molecule is COc1ccccc1NC(=O)C(N=Nc1ccc(-c2ccc(N=NC(C(C)=O)C(=O)Nc3ccc(C)cc3C)c(Cl)c2)cc1Cl)C(C)=O. The van der Waals surface area contributed by atoms with Gasteiger partial charge in [0.2, 0.25) is 12.1 Å². The Kier molecular flexibility index (Phi) is 11.9. The zero-order valence-electron chi connectivity index (χ0n) is 26.7. The predicted octanol–water partition coefficient (Wildman–Crippen LogP) is 8.65. The molecule has 2 amide bonds. The van der Waals surface area contributed by atoms with E-state index in [0.717, 1.165) is 11.1 Å². The molecule has 0 saturated heterocycles. The average molecular weight is 688 g/mol. The summed E-state index contributed by atoms with van der Waals surface area (Å²) >= 11 is 13.0. The Bertz CT molecular complexity index is 1940. The van der Waals surface area contributed by atoms with Crippen molar-refractivity contribution in [2.75, 3.05) is 17.7 Å². The largest absolute Gasteiger partial charge is 0.495 e. The molecule has 0 aliphatic rings. The van der Waals surface area contributed by atoms with Crippen molar-refractivity contribution in [3.05, 3.63) is 100 Å². The van der Waals surface area contributed by atoms with Crippen molar-refractivity contribution in [3.8, 4) is 16.9 Å². The lowest BCUT2D eigenvalue weighted by Crippen LogP contribution is -2.32. The highest BCUT2D eigenvalue weighted by Crippen LogP contribution is 2.35. The van der Waals surface area contributed by atoms with Crippen LogP contribution >= 0.6 is 23.2 Å². The second-order valence-corrected chi connectivity index (χ2v) is 11.6. The summed E-state index contributed by atoms with van der Waals surface area (Å²) in [5.41, 5.74) is 4.71. The van der Waals surface area contributed by atoms with E-state index in [4.69, 9.17) is 27.9 Å². The molecule has 2 atom stereocenters. The molecule has 0 fully saturated rings. The minimum absolute atomic E-state index is 0.211. The van der Waals surface area contributed by atoms with Gasteiger partial charge in [0.05, 0.1) is 22.8 Å². The molecule has 0 aliphatic carbocycles. The molecule has 13 heteroatoms. The van der Waals surface area contributed by atoms with Crippen LogP contribution in [0.2, 0.25) is 10.0 Å². The number of aryl methyl sites for hydroxylation is 2. The number of hydrogen-bond donors (Lipinski definition) is 2. The zero-order valence-corrected chi connectivity index (χ0v) is 28.3. The molecule has 4 aromatic carbocycles. The van der Waals surface area contributed by atoms with Gasteiger partial charge in [-0.1, -0.05) is 65.2 Å². The van der Waals surface area contributed by atoms with Gasteiger partial charge in [-0.25, -0.2) is 0 Å². The van der Waals surface area contributed by atoms with E-state index in [1.165, 1.54) is 21.0 Å². The number of carbonyl (C=O) groups is 4. The Morgan fingerprint density at radius 1 is 0.667 bits per heavy atom. The number of azo groups is 2. The van der Waals surface area contributed by atoms with E-state index in [-0.39, 0.29) is 21.4 Å². The summed E-state index contributed by atoms with van der Waals surface area (Å²) in [6.07, 6.45) is 0. The number of para-hydroxylation sites is 2. The van der Waals surface area contributed by atoms with Crippen molar-refractivity contribution in [3.63, 3.8) is 0 Å². The normalized spacial score (nSPS) is 12.5. The lowest BCUT2D eigenvalue weighted by molar-refractivity contribution is -0.127. The molecule has 0 radical (unpaired) electrons. The van der Waals surface area contributed by atoms with Crippen LogP contribution in [-0.4, -0.2) is 42.6 Å². The number of amides is 2. The Morgan fingerprint density at radius 2 is 1.17 bits per heavy atom. The summed E-state index contributed by atoms with van der Waals surface area (Å²) in [4.78, 5) is 50.2. The lowest BCUT2D eigenvalue weighted by atomic mass is 10.0. The number of methoxy groups -OCH3 is 1. The third-order valence-electron chi connectivity index (χ3n) is 7.06. The highest BCUT2D eigenvalue weighted by atomic mass is 35.5. The first-order chi connectivity index (χ1) is 22.9. The fourth-order valence-electron chi connectivity index (χ4n) is 4.52. The number of rotatable bonds is 12. The smallest absolute Gasteiger partial charge is 0.258 e. The molecule has 48 heavy (non-hydrogen) atoms. The van der Waals surface area contributed by atoms with Crippen LogP contribution < -0.4 is 15.4 Å². The van der Waals surface area contributed by atoms with E-state index < -0.39 is 35.5 Å². The van der Waals surface area contributed by atoms with E-state index in [9.17, 15) is 19.2 Å². The van der Waals surface area contributed by atoms with Gasteiger partial charge in [0.1, 0.15) is 17.1 Å². The number of hydrogen-bond acceptors (Lipinski definition) is 9. The highest BCUT2D eigenvalue weighted by molar-refractivity contribution is 6.34. The molecule has 4 rings (SSSR count). The monoisotopic (exact) mass is 686 g/mol. The molecular formula is C35H32Cl2N6O5. The summed E-state index contributed by atoms with van der Waals surface area (Å²) < 4.78 is 5.24. The molecule has 0 heterocycles. The average Bonchev–Trinajstić information content (AvgIpc) is 3.03. The maximum absolute atomic E-state index is 12.9. The van der Waals surface area contributed by atoms with Crippen molar-refractivity contribution in [2.24, 2.45) is 20.5 Å². The first kappa shape index (κ1) is 35.6. The molecule has 2 N–H and O–H groups in total. The minimum Gasteiger partial charge on any atom is -0.495 e. The van der Waals surface area contributed by atoms with Crippen molar-refractivity contribution < 1.29 is 23.9 Å². The Balaban J connectivity index is 1.47. The Labute approximate surface area is 287 Å². The van der Waals surface area contributed by atoms with Gasteiger partial charge in [0.25, 0.3) is 11.8 Å². The summed E-state index contributed by atoms with van der Waals surface area (Å²) in [7, 11) is 1.47. The fourth-order valence-corrected chi connectivity index (χ4v) is 4.95. The van der Waals surface area contributed by atoms with Gasteiger partial charge in [0, 0.05) is 5.69 Å². The van der Waals surface area contributed by atoms with Gasteiger partial charge in [-0.3, -0.25) is 19.2 Å². The maximum atomic E-state index is 12.9. The van der Waals surface area contributed by atoms with E-state index in [1.807, 2.05) is 26.0 Å². The van der Waals surface area contributed by atoms with Crippen molar-refractivity contribution in [2.45, 2.75) is 39.8 Å². The first-order valence-corrected chi connectivity index (χ1v) is 15.4. The van der Waals surface area contributed by atoms with E-state index in [1.54, 1.807) is 66.7 Å². The van der Waals surface area contributed by atoms with E-state index in [2.05, 4.69) is 31.1 Å². The van der Waals surface area contributed by atoms with Gasteiger partial charge in [-0.05, 0) is 86.8 Å². The number of benzene rings is 4.